The molecule has 0 aliphatic rings. The summed E-state index contributed by atoms with van der Waals surface area (Å²) in [5.74, 6) is 0.755. The average molecular weight is 154 g/mol. The molecule has 1 aromatic heterocycles. The van der Waals surface area contributed by atoms with Crippen LogP contribution in [0.25, 0.3) is 0 Å². The molecule has 4 nitrogen and oxygen atoms in total. The fourth-order valence-electron chi connectivity index (χ4n) is 1.16. The SMILES string of the molecule is CCn1c(C)cnc1C(N)N. The van der Waals surface area contributed by atoms with E-state index in [-0.39, 0.29) is 0 Å². The summed E-state index contributed by atoms with van der Waals surface area (Å²) in [6.07, 6.45) is 1.31. The van der Waals surface area contributed by atoms with Crippen LogP contribution in [0.5, 0.6) is 0 Å². The Bertz CT molecular complexity index is 239. The largest absolute Gasteiger partial charge is 0.330 e. The zero-order valence-electron chi connectivity index (χ0n) is 6.91. The third kappa shape index (κ3) is 1.41. The summed E-state index contributed by atoms with van der Waals surface area (Å²) < 4.78 is 2.00. The van der Waals surface area contributed by atoms with Gasteiger partial charge in [0.15, 0.2) is 0 Å². The third-order valence-electron chi connectivity index (χ3n) is 1.70. The Kier molecular flexibility index (Phi) is 2.26. The predicted molar refractivity (Wildman–Crippen MR) is 43.8 cm³/mol. The van der Waals surface area contributed by atoms with Gasteiger partial charge in [0.05, 0.1) is 0 Å². The van der Waals surface area contributed by atoms with Crippen LogP contribution in [0.15, 0.2) is 6.20 Å². The molecule has 0 radical (unpaired) electrons. The van der Waals surface area contributed by atoms with E-state index in [9.17, 15) is 0 Å². The highest BCUT2D eigenvalue weighted by atomic mass is 15.1. The number of nitrogens with zero attached hydrogens (tertiary/aromatic N) is 2. The first kappa shape index (κ1) is 8.23. The summed E-state index contributed by atoms with van der Waals surface area (Å²) in [6.45, 7) is 4.90. The van der Waals surface area contributed by atoms with Gasteiger partial charge in [-0.15, -0.1) is 0 Å². The van der Waals surface area contributed by atoms with Crippen LogP contribution in [0.2, 0.25) is 0 Å². The first-order chi connectivity index (χ1) is 5.16. The lowest BCUT2D eigenvalue weighted by Gasteiger charge is -2.08. The molecule has 4 heteroatoms. The first-order valence-corrected chi connectivity index (χ1v) is 3.70. The Morgan fingerprint density at radius 3 is 2.64 bits per heavy atom. The van der Waals surface area contributed by atoms with Gasteiger partial charge in [-0.3, -0.25) is 0 Å². The van der Waals surface area contributed by atoms with E-state index in [0.29, 0.717) is 0 Å². The maximum Gasteiger partial charge on any atom is 0.140 e. The maximum absolute atomic E-state index is 5.50. The first-order valence-electron chi connectivity index (χ1n) is 3.70. The van der Waals surface area contributed by atoms with Gasteiger partial charge in [-0.2, -0.15) is 0 Å². The lowest BCUT2D eigenvalue weighted by Crippen LogP contribution is -2.24. The fraction of sp³-hybridized carbons (Fsp3) is 0.571. The van der Waals surface area contributed by atoms with Crippen molar-refractivity contribution in [3.63, 3.8) is 0 Å². The number of hydrogen-bond acceptors (Lipinski definition) is 3. The Balaban J connectivity index is 3.05. The van der Waals surface area contributed by atoms with Crippen LogP contribution in [-0.4, -0.2) is 9.55 Å². The molecule has 1 aromatic rings. The molecule has 1 rings (SSSR count). The van der Waals surface area contributed by atoms with Gasteiger partial charge in [-0.25, -0.2) is 4.98 Å². The second-order valence-electron chi connectivity index (χ2n) is 2.53. The smallest absolute Gasteiger partial charge is 0.140 e. The monoisotopic (exact) mass is 154 g/mol. The van der Waals surface area contributed by atoms with E-state index in [1.54, 1.807) is 6.20 Å². The summed E-state index contributed by atoms with van der Waals surface area (Å²) in [4.78, 5) is 4.10. The van der Waals surface area contributed by atoms with Crippen molar-refractivity contribution in [1.82, 2.24) is 9.55 Å². The molecule has 0 aliphatic carbocycles. The molecule has 4 N–H and O–H groups in total. The van der Waals surface area contributed by atoms with E-state index in [1.807, 2.05) is 18.4 Å². The highest BCUT2D eigenvalue weighted by Gasteiger charge is 2.08. The van der Waals surface area contributed by atoms with Crippen LogP contribution in [-0.2, 0) is 6.54 Å². The Hall–Kier alpha value is -0.870. The number of nitrogens with two attached hydrogens (primary N) is 2. The molecular weight excluding hydrogens is 140 g/mol. The quantitative estimate of drug-likeness (QED) is 0.595. The fourth-order valence-corrected chi connectivity index (χ4v) is 1.16. The summed E-state index contributed by atoms with van der Waals surface area (Å²) in [7, 11) is 0. The summed E-state index contributed by atoms with van der Waals surface area (Å²) in [5.41, 5.74) is 12.1. The topological polar surface area (TPSA) is 69.9 Å². The number of hydrogen-bond donors (Lipinski definition) is 2. The zero-order chi connectivity index (χ0) is 8.43. The minimum absolute atomic E-state index is 0.469. The second kappa shape index (κ2) is 3.02. The van der Waals surface area contributed by atoms with Crippen molar-refractivity contribution < 1.29 is 0 Å². The van der Waals surface area contributed by atoms with Gasteiger partial charge in [0.25, 0.3) is 0 Å². The number of aromatic nitrogens is 2. The number of imidazole rings is 1. The summed E-state index contributed by atoms with van der Waals surface area (Å²) in [5, 5.41) is 0. The third-order valence-corrected chi connectivity index (χ3v) is 1.70. The maximum atomic E-state index is 5.50. The van der Waals surface area contributed by atoms with E-state index >= 15 is 0 Å². The van der Waals surface area contributed by atoms with Crippen LogP contribution < -0.4 is 11.5 Å². The van der Waals surface area contributed by atoms with Crippen molar-refractivity contribution in [1.29, 1.82) is 0 Å². The van der Waals surface area contributed by atoms with Crippen molar-refractivity contribution >= 4 is 0 Å². The minimum Gasteiger partial charge on any atom is -0.330 e. The lowest BCUT2D eigenvalue weighted by molar-refractivity contribution is 0.610. The van der Waals surface area contributed by atoms with Crippen LogP contribution in [0.4, 0.5) is 0 Å². The summed E-state index contributed by atoms with van der Waals surface area (Å²) >= 11 is 0. The minimum atomic E-state index is -0.469. The normalized spacial score (nSPS) is 11.0. The molecule has 0 aromatic carbocycles. The van der Waals surface area contributed by atoms with Crippen LogP contribution >= 0.6 is 0 Å². The van der Waals surface area contributed by atoms with Gasteiger partial charge in [0.2, 0.25) is 0 Å². The lowest BCUT2D eigenvalue weighted by atomic mass is 10.4. The Morgan fingerprint density at radius 2 is 2.27 bits per heavy atom. The van der Waals surface area contributed by atoms with Gasteiger partial charge < -0.3 is 16.0 Å². The van der Waals surface area contributed by atoms with Crippen molar-refractivity contribution in [3.05, 3.63) is 17.7 Å². The van der Waals surface area contributed by atoms with Gasteiger partial charge in [-0.1, -0.05) is 0 Å². The van der Waals surface area contributed by atoms with Gasteiger partial charge in [0.1, 0.15) is 12.0 Å². The molecule has 0 aliphatic heterocycles. The van der Waals surface area contributed by atoms with Crippen molar-refractivity contribution in [3.8, 4) is 0 Å². The van der Waals surface area contributed by atoms with E-state index in [1.165, 1.54) is 0 Å². The molecule has 62 valence electrons. The highest BCUT2D eigenvalue weighted by molar-refractivity contribution is 5.05. The highest BCUT2D eigenvalue weighted by Crippen LogP contribution is 2.06. The van der Waals surface area contributed by atoms with E-state index in [0.717, 1.165) is 18.1 Å². The van der Waals surface area contributed by atoms with Gasteiger partial charge >= 0.3 is 0 Å². The molecule has 0 spiro atoms. The van der Waals surface area contributed by atoms with Crippen LogP contribution in [0, 0.1) is 6.92 Å². The van der Waals surface area contributed by atoms with Crippen molar-refractivity contribution in [2.24, 2.45) is 11.5 Å². The number of rotatable bonds is 2. The van der Waals surface area contributed by atoms with E-state index in [4.69, 9.17) is 11.5 Å². The van der Waals surface area contributed by atoms with Gasteiger partial charge in [0, 0.05) is 18.4 Å². The Morgan fingerprint density at radius 1 is 1.64 bits per heavy atom. The molecule has 1 heterocycles. The average Bonchev–Trinajstić information content (AvgIpc) is 2.30. The molecule has 0 saturated heterocycles. The molecule has 0 bridgehead atoms. The van der Waals surface area contributed by atoms with E-state index in [2.05, 4.69) is 4.98 Å². The van der Waals surface area contributed by atoms with Gasteiger partial charge in [-0.05, 0) is 13.8 Å². The standard InChI is InChI=1S/C7H14N4/c1-3-11-5(2)4-10-7(11)6(8)9/h4,6H,3,8-9H2,1-2H3. The number of aryl methyl sites for hydroxylation is 1. The molecule has 0 saturated carbocycles. The molecule has 11 heavy (non-hydrogen) atoms. The molecule has 0 atom stereocenters. The Labute approximate surface area is 66.2 Å². The van der Waals surface area contributed by atoms with Crippen molar-refractivity contribution in [2.75, 3.05) is 0 Å². The molecule has 0 unspecified atom stereocenters. The van der Waals surface area contributed by atoms with Crippen LogP contribution in [0.1, 0.15) is 24.6 Å². The van der Waals surface area contributed by atoms with E-state index < -0.39 is 6.17 Å². The molecular formula is C7H14N4. The molecule has 0 amide bonds. The predicted octanol–water partition coefficient (Wildman–Crippen LogP) is 0.127. The summed E-state index contributed by atoms with van der Waals surface area (Å²) in [6, 6.07) is 0. The zero-order valence-corrected chi connectivity index (χ0v) is 6.91. The van der Waals surface area contributed by atoms with Crippen molar-refractivity contribution in [2.45, 2.75) is 26.6 Å². The second-order valence-corrected chi connectivity index (χ2v) is 2.53. The molecule has 0 fully saturated rings. The van der Waals surface area contributed by atoms with Crippen LogP contribution in [0.3, 0.4) is 0 Å².